The molecular weight excluding hydrogens is 815 g/mol. The van der Waals surface area contributed by atoms with Gasteiger partial charge in [-0.15, -0.1) is 21.5 Å². The molecule has 2 aliphatic heterocycles. The topological polar surface area (TPSA) is 154 Å². The lowest BCUT2D eigenvalue weighted by Crippen LogP contribution is -2.30. The van der Waals surface area contributed by atoms with E-state index in [1.54, 1.807) is 28.5 Å². The van der Waals surface area contributed by atoms with Crippen molar-refractivity contribution in [2.45, 2.75) is 46.1 Å². The summed E-state index contributed by atoms with van der Waals surface area (Å²) < 4.78 is 24.3. The third-order valence-corrected chi connectivity index (χ3v) is 11.4. The van der Waals surface area contributed by atoms with Gasteiger partial charge in [0, 0.05) is 40.5 Å². The van der Waals surface area contributed by atoms with Crippen molar-refractivity contribution in [3.8, 4) is 5.00 Å². The minimum Gasteiger partial charge on any atom is -0.379 e. The summed E-state index contributed by atoms with van der Waals surface area (Å²) in [6, 6.07) is 12.3. The van der Waals surface area contributed by atoms with Crippen LogP contribution in [0.3, 0.4) is 0 Å². The number of nitrogens with zero attached hydrogens (tertiary/aromatic N) is 6. The molecule has 14 nitrogen and oxygen atoms in total. The molecule has 1 atom stereocenters. The van der Waals surface area contributed by atoms with Crippen molar-refractivity contribution in [1.29, 1.82) is 0 Å². The molecule has 2 aliphatic rings. The molecule has 4 heterocycles. The number of hydrazone groups is 1. The summed E-state index contributed by atoms with van der Waals surface area (Å²) in [6.45, 7) is 9.99. The molecule has 1 unspecified atom stereocenters. The number of fused-ring (bicyclic) bond motifs is 3. The third-order valence-electron chi connectivity index (χ3n) is 9.18. The van der Waals surface area contributed by atoms with Gasteiger partial charge in [0.05, 0.1) is 87.1 Å². The van der Waals surface area contributed by atoms with Gasteiger partial charge >= 0.3 is 0 Å². The van der Waals surface area contributed by atoms with Crippen LogP contribution in [-0.2, 0) is 28.5 Å². The third kappa shape index (κ3) is 11.4. The van der Waals surface area contributed by atoms with Gasteiger partial charge in [-0.3, -0.25) is 24.2 Å². The van der Waals surface area contributed by atoms with Crippen molar-refractivity contribution in [1.82, 2.24) is 25.4 Å². The number of aliphatic imine (C=N–C) groups is 1. The Bertz CT molecular complexity index is 2090. The van der Waals surface area contributed by atoms with E-state index in [4.69, 9.17) is 58.7 Å². The highest BCUT2D eigenvalue weighted by molar-refractivity contribution is 7.15. The maximum atomic E-state index is 13.2. The summed E-state index contributed by atoms with van der Waals surface area (Å²) >= 11 is 20.0. The van der Waals surface area contributed by atoms with Crippen LogP contribution in [-0.4, -0.2) is 104 Å². The number of hydrogen-bond acceptors (Lipinski definition) is 12. The number of anilines is 1. The summed E-state index contributed by atoms with van der Waals surface area (Å²) in [5, 5.41) is 23.4. The molecule has 0 bridgehead atoms. The Morgan fingerprint density at radius 3 is 2.23 bits per heavy atom. The van der Waals surface area contributed by atoms with Crippen LogP contribution < -0.4 is 15.6 Å². The maximum Gasteiger partial charge on any atom is 0.227 e. The van der Waals surface area contributed by atoms with E-state index in [0.717, 1.165) is 38.9 Å². The number of benzene rings is 2. The van der Waals surface area contributed by atoms with E-state index in [0.29, 0.717) is 92.5 Å². The van der Waals surface area contributed by atoms with Crippen molar-refractivity contribution in [3.63, 3.8) is 0 Å². The van der Waals surface area contributed by atoms with Crippen molar-refractivity contribution in [3.05, 3.63) is 90.7 Å². The fourth-order valence-electron chi connectivity index (χ4n) is 6.17. The Labute approximate surface area is 350 Å². The minimum absolute atomic E-state index is 0.101. The molecule has 0 radical (unpaired) electrons. The minimum atomic E-state index is -0.543. The smallest absolute Gasteiger partial charge is 0.227 e. The van der Waals surface area contributed by atoms with Crippen molar-refractivity contribution in [2.24, 2.45) is 10.1 Å². The SMILES string of the molecule is Cc1sc2c(c1C)C(c1ccc(Cl)cc1)=NC(CC(=O)NCCOCCOCCOCCOCCC(=O)NC1=NN(c3ccc(Cl)c(Cl)c3)CC1)c1nnc(C)n1-2. The lowest BCUT2D eigenvalue weighted by atomic mass is 9.99. The lowest BCUT2D eigenvalue weighted by Gasteiger charge is -2.13. The van der Waals surface area contributed by atoms with E-state index in [1.807, 2.05) is 41.8 Å². The maximum absolute atomic E-state index is 13.2. The first kappa shape index (κ1) is 42.7. The predicted molar refractivity (Wildman–Crippen MR) is 223 cm³/mol. The molecular formula is C39H45Cl3N8O6S. The zero-order valence-electron chi connectivity index (χ0n) is 32.0. The number of aryl methyl sites for hydroxylation is 2. The Hall–Kier alpha value is -3.93. The Kier molecular flexibility index (Phi) is 15.5. The van der Waals surface area contributed by atoms with Gasteiger partial charge in [-0.1, -0.05) is 46.9 Å². The van der Waals surface area contributed by atoms with Crippen molar-refractivity contribution >= 4 is 75.2 Å². The summed E-state index contributed by atoms with van der Waals surface area (Å²) in [4.78, 5) is 31.8. The number of amidine groups is 1. The quantitative estimate of drug-likeness (QED) is 0.102. The standard InChI is InChI=1S/C39H45Cl3N8O6S/c1-24-25(2)57-39-36(24)37(27-4-6-28(40)7-5-27)44-32(38-47-46-26(3)50(38)39)23-35(52)43-12-15-54-17-19-56-21-20-55-18-16-53-14-11-34(51)45-33-10-13-49(48-33)29-8-9-30(41)31(42)22-29/h4-9,22,32H,10-21,23H2,1-3H3,(H,43,52)(H,45,48,51). The monoisotopic (exact) mass is 858 g/mol. The summed E-state index contributed by atoms with van der Waals surface area (Å²) in [5.74, 6) is 1.63. The van der Waals surface area contributed by atoms with Gasteiger partial charge in [-0.2, -0.15) is 5.10 Å². The Balaban J connectivity index is 0.812. The first-order chi connectivity index (χ1) is 27.6. The highest BCUT2D eigenvalue weighted by atomic mass is 35.5. The second-order valence-corrected chi connectivity index (χ2v) is 15.7. The number of amides is 2. The Morgan fingerprint density at radius 1 is 0.842 bits per heavy atom. The predicted octanol–water partition coefficient (Wildman–Crippen LogP) is 6.41. The number of rotatable bonds is 19. The number of ether oxygens (including phenoxy) is 4. The molecule has 0 spiro atoms. The van der Waals surface area contributed by atoms with Gasteiger partial charge in [-0.05, 0) is 56.7 Å². The van der Waals surface area contributed by atoms with Crippen LogP contribution >= 0.6 is 46.1 Å². The molecule has 0 saturated heterocycles. The molecule has 2 amide bonds. The van der Waals surface area contributed by atoms with Crippen molar-refractivity contribution < 1.29 is 28.5 Å². The van der Waals surface area contributed by atoms with Gasteiger partial charge in [0.15, 0.2) is 5.82 Å². The van der Waals surface area contributed by atoms with Gasteiger partial charge in [0.25, 0.3) is 0 Å². The number of hydrogen-bond donors (Lipinski definition) is 2. The van der Waals surface area contributed by atoms with Crippen LogP contribution in [0, 0.1) is 20.8 Å². The number of carbonyl (C=O) groups excluding carboxylic acids is 2. The highest BCUT2D eigenvalue weighted by Crippen LogP contribution is 2.39. The van der Waals surface area contributed by atoms with E-state index in [2.05, 4.69) is 39.8 Å². The average Bonchev–Trinajstić information content (AvgIpc) is 3.87. The van der Waals surface area contributed by atoms with E-state index in [-0.39, 0.29) is 31.3 Å². The molecule has 304 valence electrons. The molecule has 6 rings (SSSR count). The molecule has 57 heavy (non-hydrogen) atoms. The van der Waals surface area contributed by atoms with Crippen LogP contribution in [0.15, 0.2) is 52.6 Å². The fourth-order valence-corrected chi connectivity index (χ4v) is 7.80. The van der Waals surface area contributed by atoms with Crippen LogP contribution in [0.5, 0.6) is 0 Å². The molecule has 0 saturated carbocycles. The summed E-state index contributed by atoms with van der Waals surface area (Å²) in [5.41, 5.74) is 4.68. The highest BCUT2D eigenvalue weighted by Gasteiger charge is 2.32. The van der Waals surface area contributed by atoms with Crippen molar-refractivity contribution in [2.75, 3.05) is 71.0 Å². The summed E-state index contributed by atoms with van der Waals surface area (Å²) in [7, 11) is 0. The van der Waals surface area contributed by atoms with E-state index < -0.39 is 6.04 Å². The fraction of sp³-hybridized carbons (Fsp3) is 0.436. The molecule has 4 aromatic rings. The molecule has 2 aromatic heterocycles. The molecule has 2 aromatic carbocycles. The van der Waals surface area contributed by atoms with E-state index in [9.17, 15) is 9.59 Å². The zero-order chi connectivity index (χ0) is 40.3. The molecule has 18 heteroatoms. The second kappa shape index (κ2) is 20.7. The number of thiophene rings is 1. The van der Waals surface area contributed by atoms with Crippen LogP contribution in [0.25, 0.3) is 5.00 Å². The first-order valence-corrected chi connectivity index (χ1v) is 20.6. The van der Waals surface area contributed by atoms with Crippen LogP contribution in [0.4, 0.5) is 5.69 Å². The van der Waals surface area contributed by atoms with E-state index in [1.165, 1.54) is 4.88 Å². The number of nitrogens with one attached hydrogen (secondary N) is 2. The van der Waals surface area contributed by atoms with Gasteiger partial charge in [0.1, 0.15) is 22.7 Å². The molecule has 0 fully saturated rings. The van der Waals surface area contributed by atoms with E-state index >= 15 is 0 Å². The molecule has 2 N–H and O–H groups in total. The lowest BCUT2D eigenvalue weighted by molar-refractivity contribution is -0.122. The summed E-state index contributed by atoms with van der Waals surface area (Å²) in [6.07, 6.45) is 0.922. The number of halogens is 3. The van der Waals surface area contributed by atoms with Crippen LogP contribution in [0.2, 0.25) is 15.1 Å². The number of carbonyl (C=O) groups is 2. The van der Waals surface area contributed by atoms with Gasteiger partial charge < -0.3 is 29.6 Å². The average molecular weight is 860 g/mol. The van der Waals surface area contributed by atoms with Gasteiger partial charge in [-0.25, -0.2) is 0 Å². The van der Waals surface area contributed by atoms with Gasteiger partial charge in [0.2, 0.25) is 11.8 Å². The Morgan fingerprint density at radius 2 is 1.53 bits per heavy atom. The largest absolute Gasteiger partial charge is 0.379 e. The first-order valence-electron chi connectivity index (χ1n) is 18.6. The second-order valence-electron chi connectivity index (χ2n) is 13.2. The zero-order valence-corrected chi connectivity index (χ0v) is 35.1. The normalized spacial score (nSPS) is 14.8. The molecule has 0 aliphatic carbocycles. The van der Waals surface area contributed by atoms with Crippen LogP contribution in [0.1, 0.15) is 58.5 Å². The number of aromatic nitrogens is 3.